The molecule has 0 radical (unpaired) electrons. The van der Waals surface area contributed by atoms with Gasteiger partial charge in [-0.05, 0) is 11.6 Å². The molecule has 6 heteroatoms. The van der Waals surface area contributed by atoms with Gasteiger partial charge in [0.1, 0.15) is 12.6 Å². The summed E-state index contributed by atoms with van der Waals surface area (Å²) in [5.74, 6) is -1.43. The van der Waals surface area contributed by atoms with Gasteiger partial charge in [-0.15, -0.1) is 0 Å². The third-order valence-electron chi connectivity index (χ3n) is 2.78. The van der Waals surface area contributed by atoms with Crippen molar-refractivity contribution in [3.63, 3.8) is 0 Å². The van der Waals surface area contributed by atoms with E-state index in [1.165, 1.54) is 4.68 Å². The van der Waals surface area contributed by atoms with Crippen LogP contribution < -0.4 is 5.32 Å². The number of carbonyl (C=O) groups is 2. The molecule has 20 heavy (non-hydrogen) atoms. The standard InChI is InChI=1S/C14H15N3O3/c18-13(10-17-8-4-7-15-17)16-12(14(19)20)9-11-5-2-1-3-6-11/h1-8,12H,9-10H2,(H,16,18)(H,19,20)/t12-/m0/s1. The number of hydrogen-bond acceptors (Lipinski definition) is 3. The van der Waals surface area contributed by atoms with Crippen molar-refractivity contribution in [3.05, 3.63) is 54.4 Å². The summed E-state index contributed by atoms with van der Waals surface area (Å²) in [6.07, 6.45) is 3.46. The van der Waals surface area contributed by atoms with Crippen LogP contribution in [0.5, 0.6) is 0 Å². The molecule has 1 amide bonds. The Hall–Kier alpha value is -2.63. The van der Waals surface area contributed by atoms with Crippen LogP contribution in [0.1, 0.15) is 5.56 Å². The van der Waals surface area contributed by atoms with Crippen LogP contribution in [0.15, 0.2) is 48.8 Å². The van der Waals surface area contributed by atoms with Crippen molar-refractivity contribution < 1.29 is 14.7 Å². The van der Waals surface area contributed by atoms with E-state index in [1.807, 2.05) is 30.3 Å². The smallest absolute Gasteiger partial charge is 0.326 e. The first-order chi connectivity index (χ1) is 9.65. The highest BCUT2D eigenvalue weighted by atomic mass is 16.4. The zero-order valence-corrected chi connectivity index (χ0v) is 10.8. The molecule has 1 heterocycles. The molecule has 0 aliphatic rings. The van der Waals surface area contributed by atoms with E-state index in [2.05, 4.69) is 10.4 Å². The molecular formula is C14H15N3O3. The van der Waals surface area contributed by atoms with Gasteiger partial charge in [-0.25, -0.2) is 4.79 Å². The molecule has 0 spiro atoms. The number of aromatic nitrogens is 2. The molecule has 0 saturated heterocycles. The summed E-state index contributed by atoms with van der Waals surface area (Å²) in [6.45, 7) is 0.00553. The molecule has 0 fully saturated rings. The maximum atomic E-state index is 11.8. The van der Waals surface area contributed by atoms with Gasteiger partial charge in [-0.1, -0.05) is 30.3 Å². The van der Waals surface area contributed by atoms with Gasteiger partial charge in [-0.2, -0.15) is 5.10 Å². The van der Waals surface area contributed by atoms with Crippen LogP contribution in [0.2, 0.25) is 0 Å². The molecule has 1 atom stereocenters. The monoisotopic (exact) mass is 273 g/mol. The molecule has 0 unspecified atom stereocenters. The van der Waals surface area contributed by atoms with E-state index < -0.39 is 12.0 Å². The number of benzene rings is 1. The van der Waals surface area contributed by atoms with Crippen molar-refractivity contribution in [3.8, 4) is 0 Å². The fourth-order valence-electron chi connectivity index (χ4n) is 1.83. The van der Waals surface area contributed by atoms with Crippen LogP contribution in [0, 0.1) is 0 Å². The number of rotatable bonds is 6. The van der Waals surface area contributed by atoms with E-state index >= 15 is 0 Å². The van der Waals surface area contributed by atoms with Gasteiger partial charge in [-0.3, -0.25) is 9.48 Å². The van der Waals surface area contributed by atoms with Crippen molar-refractivity contribution in [2.45, 2.75) is 19.0 Å². The fourth-order valence-corrected chi connectivity index (χ4v) is 1.83. The summed E-state index contributed by atoms with van der Waals surface area (Å²) in [7, 11) is 0. The lowest BCUT2D eigenvalue weighted by Gasteiger charge is -2.14. The highest BCUT2D eigenvalue weighted by Crippen LogP contribution is 2.03. The van der Waals surface area contributed by atoms with Crippen molar-refractivity contribution in [1.82, 2.24) is 15.1 Å². The number of amides is 1. The second kappa shape index (κ2) is 6.51. The van der Waals surface area contributed by atoms with E-state index in [0.717, 1.165) is 5.56 Å². The summed E-state index contributed by atoms with van der Waals surface area (Å²) in [5, 5.41) is 15.6. The van der Waals surface area contributed by atoms with Crippen LogP contribution >= 0.6 is 0 Å². The summed E-state index contributed by atoms with van der Waals surface area (Å²) in [4.78, 5) is 23.0. The molecule has 1 aromatic carbocycles. The quantitative estimate of drug-likeness (QED) is 0.811. The van der Waals surface area contributed by atoms with Crippen LogP contribution in [0.4, 0.5) is 0 Å². The number of nitrogens with one attached hydrogen (secondary N) is 1. The van der Waals surface area contributed by atoms with Crippen molar-refractivity contribution in [2.24, 2.45) is 0 Å². The number of nitrogens with zero attached hydrogens (tertiary/aromatic N) is 2. The van der Waals surface area contributed by atoms with Crippen LogP contribution in [-0.2, 0) is 22.6 Å². The Morgan fingerprint density at radius 3 is 2.60 bits per heavy atom. The van der Waals surface area contributed by atoms with Gasteiger partial charge in [0.2, 0.25) is 5.91 Å². The number of carbonyl (C=O) groups excluding carboxylic acids is 1. The molecule has 2 N–H and O–H groups in total. The van der Waals surface area contributed by atoms with E-state index in [0.29, 0.717) is 0 Å². The Kier molecular flexibility index (Phi) is 4.49. The van der Waals surface area contributed by atoms with E-state index in [4.69, 9.17) is 0 Å². The first-order valence-electron chi connectivity index (χ1n) is 6.18. The summed E-state index contributed by atoms with van der Waals surface area (Å²) < 4.78 is 1.44. The summed E-state index contributed by atoms with van der Waals surface area (Å²) in [5.41, 5.74) is 0.860. The van der Waals surface area contributed by atoms with Gasteiger partial charge in [0.25, 0.3) is 0 Å². The van der Waals surface area contributed by atoms with E-state index in [1.54, 1.807) is 18.5 Å². The average molecular weight is 273 g/mol. The topological polar surface area (TPSA) is 84.2 Å². The summed E-state index contributed by atoms with van der Waals surface area (Å²) >= 11 is 0. The van der Waals surface area contributed by atoms with Crippen LogP contribution in [0.25, 0.3) is 0 Å². The molecule has 6 nitrogen and oxygen atoms in total. The number of hydrogen-bond donors (Lipinski definition) is 2. The first kappa shape index (κ1) is 13.8. The van der Waals surface area contributed by atoms with Gasteiger partial charge in [0, 0.05) is 18.8 Å². The molecule has 2 rings (SSSR count). The molecular weight excluding hydrogens is 258 g/mol. The van der Waals surface area contributed by atoms with Crippen LogP contribution in [0.3, 0.4) is 0 Å². The Bertz CT molecular complexity index is 567. The second-order valence-electron chi connectivity index (χ2n) is 4.35. The normalized spacial score (nSPS) is 11.8. The summed E-state index contributed by atoms with van der Waals surface area (Å²) in [6, 6.07) is 9.94. The lowest BCUT2D eigenvalue weighted by molar-refractivity contribution is -0.141. The highest BCUT2D eigenvalue weighted by Gasteiger charge is 2.20. The predicted molar refractivity (Wildman–Crippen MR) is 71.9 cm³/mol. The predicted octanol–water partition coefficient (Wildman–Crippen LogP) is 0.695. The van der Waals surface area contributed by atoms with Crippen molar-refractivity contribution in [2.75, 3.05) is 0 Å². The molecule has 0 aliphatic heterocycles. The molecule has 0 bridgehead atoms. The third kappa shape index (κ3) is 3.94. The van der Waals surface area contributed by atoms with Gasteiger partial charge in [0.15, 0.2) is 0 Å². The lowest BCUT2D eigenvalue weighted by Crippen LogP contribution is -2.43. The maximum Gasteiger partial charge on any atom is 0.326 e. The Labute approximate surface area is 116 Å². The SMILES string of the molecule is O=C(Cn1cccn1)N[C@@H](Cc1ccccc1)C(=O)O. The largest absolute Gasteiger partial charge is 0.480 e. The minimum Gasteiger partial charge on any atom is -0.480 e. The van der Waals surface area contributed by atoms with Crippen molar-refractivity contribution in [1.29, 1.82) is 0 Å². The Morgan fingerprint density at radius 2 is 2.00 bits per heavy atom. The maximum absolute atomic E-state index is 11.8. The zero-order chi connectivity index (χ0) is 14.4. The molecule has 1 aromatic heterocycles. The van der Waals surface area contributed by atoms with Gasteiger partial charge < -0.3 is 10.4 Å². The fraction of sp³-hybridized carbons (Fsp3) is 0.214. The Balaban J connectivity index is 1.95. The zero-order valence-electron chi connectivity index (χ0n) is 10.8. The Morgan fingerprint density at radius 1 is 1.25 bits per heavy atom. The minimum atomic E-state index is -1.05. The first-order valence-corrected chi connectivity index (χ1v) is 6.18. The molecule has 0 saturated carbocycles. The van der Waals surface area contributed by atoms with E-state index in [9.17, 15) is 14.7 Å². The third-order valence-corrected chi connectivity index (χ3v) is 2.78. The number of aliphatic carboxylic acids is 1. The lowest BCUT2D eigenvalue weighted by atomic mass is 10.1. The number of carboxylic acids is 1. The van der Waals surface area contributed by atoms with Crippen LogP contribution in [-0.4, -0.2) is 32.8 Å². The van der Waals surface area contributed by atoms with Crippen molar-refractivity contribution >= 4 is 11.9 Å². The second-order valence-corrected chi connectivity index (χ2v) is 4.35. The minimum absolute atomic E-state index is 0.00553. The molecule has 2 aromatic rings. The van der Waals surface area contributed by atoms with Gasteiger partial charge in [0.05, 0.1) is 0 Å². The number of carboxylic acid groups (broad SMARTS) is 1. The van der Waals surface area contributed by atoms with E-state index in [-0.39, 0.29) is 18.9 Å². The highest BCUT2D eigenvalue weighted by molar-refractivity contribution is 5.83. The average Bonchev–Trinajstić information content (AvgIpc) is 2.92. The van der Waals surface area contributed by atoms with Gasteiger partial charge >= 0.3 is 5.97 Å². The molecule has 104 valence electrons. The molecule has 0 aliphatic carbocycles.